The van der Waals surface area contributed by atoms with Crippen molar-refractivity contribution in [2.24, 2.45) is 0 Å². The Morgan fingerprint density at radius 2 is 1.80 bits per heavy atom. The molecule has 25 heavy (non-hydrogen) atoms. The van der Waals surface area contributed by atoms with Crippen LogP contribution in [0.4, 0.5) is 4.39 Å². The summed E-state index contributed by atoms with van der Waals surface area (Å²) in [5, 5.41) is 1.13. The van der Waals surface area contributed by atoms with E-state index in [1.165, 1.54) is 44.6 Å². The number of halogens is 1. The fourth-order valence-electron chi connectivity index (χ4n) is 3.27. The predicted octanol–water partition coefficient (Wildman–Crippen LogP) is 4.63. The Labute approximate surface area is 147 Å². The third-order valence-electron chi connectivity index (χ3n) is 4.85. The van der Waals surface area contributed by atoms with Crippen molar-refractivity contribution in [1.29, 1.82) is 0 Å². The van der Waals surface area contributed by atoms with E-state index >= 15 is 0 Å². The minimum atomic E-state index is -0.218. The molecule has 4 heteroatoms. The molecule has 2 aromatic carbocycles. The zero-order chi connectivity index (χ0) is 17.1. The average molecular weight is 338 g/mol. The summed E-state index contributed by atoms with van der Waals surface area (Å²) >= 11 is 0. The molecule has 130 valence electrons. The predicted molar refractivity (Wildman–Crippen MR) is 99.0 cm³/mol. The first kappa shape index (κ1) is 16.2. The minimum absolute atomic E-state index is 0.218. The molecule has 1 saturated heterocycles. The smallest absolute Gasteiger partial charge is 0.123 e. The quantitative estimate of drug-likeness (QED) is 0.584. The van der Waals surface area contributed by atoms with Crippen LogP contribution in [0, 0.1) is 5.82 Å². The Balaban J connectivity index is 1.38. The molecule has 0 unspecified atom stereocenters. The summed E-state index contributed by atoms with van der Waals surface area (Å²) in [5.74, 6) is 0.693. The number of aromatic nitrogens is 1. The first-order valence-corrected chi connectivity index (χ1v) is 9.02. The lowest BCUT2D eigenvalue weighted by molar-refractivity contribution is 0.173. The molecule has 0 spiro atoms. The molecule has 0 aliphatic carbocycles. The molecule has 0 atom stereocenters. The van der Waals surface area contributed by atoms with Gasteiger partial charge in [0.05, 0.1) is 12.1 Å². The molecular formula is C21H23FN2O. The number of nitrogens with zero attached hydrogens (tertiary/aromatic N) is 2. The number of hydrogen-bond acceptors (Lipinski definition) is 2. The third-order valence-corrected chi connectivity index (χ3v) is 4.85. The zero-order valence-corrected chi connectivity index (χ0v) is 14.3. The number of unbranched alkanes of at least 4 members (excludes halogenated alkanes) is 1. The van der Waals surface area contributed by atoms with E-state index in [0.29, 0.717) is 0 Å². The standard InChI is InChI=1S/C21H23FN2O/c22-18-4-6-19(7-5-18)24-14-10-17-16-20(8-9-21(17)24)25-15-2-1-11-23-12-3-13-23/h4-10,14,16H,1-3,11-13,15H2. The fraction of sp³-hybridized carbons (Fsp3) is 0.333. The Bertz CT molecular complexity index is 837. The van der Waals surface area contributed by atoms with Crippen molar-refractivity contribution in [1.82, 2.24) is 9.47 Å². The number of hydrogen-bond donors (Lipinski definition) is 0. The maximum Gasteiger partial charge on any atom is 0.123 e. The number of likely N-dealkylation sites (tertiary alicyclic amines) is 1. The van der Waals surface area contributed by atoms with Gasteiger partial charge in [0.1, 0.15) is 11.6 Å². The lowest BCUT2D eigenvalue weighted by Gasteiger charge is -2.30. The molecule has 0 radical (unpaired) electrons. The molecule has 1 aromatic heterocycles. The molecule has 0 N–H and O–H groups in total. The van der Waals surface area contributed by atoms with Crippen molar-refractivity contribution in [3.05, 3.63) is 60.5 Å². The van der Waals surface area contributed by atoms with Crippen LogP contribution in [0.15, 0.2) is 54.7 Å². The highest BCUT2D eigenvalue weighted by Crippen LogP contribution is 2.25. The monoisotopic (exact) mass is 338 g/mol. The number of ether oxygens (including phenoxy) is 1. The van der Waals surface area contributed by atoms with Gasteiger partial charge < -0.3 is 14.2 Å². The van der Waals surface area contributed by atoms with Gasteiger partial charge in [-0.05, 0) is 87.4 Å². The van der Waals surface area contributed by atoms with Crippen LogP contribution in [0.2, 0.25) is 0 Å². The highest BCUT2D eigenvalue weighted by molar-refractivity contribution is 5.83. The first-order chi connectivity index (χ1) is 12.3. The topological polar surface area (TPSA) is 17.4 Å². The molecular weight excluding hydrogens is 315 g/mol. The largest absolute Gasteiger partial charge is 0.494 e. The van der Waals surface area contributed by atoms with Crippen LogP contribution in [0.1, 0.15) is 19.3 Å². The summed E-state index contributed by atoms with van der Waals surface area (Å²) in [4.78, 5) is 2.49. The Kier molecular flexibility index (Phi) is 4.70. The van der Waals surface area contributed by atoms with Crippen LogP contribution in [0.25, 0.3) is 16.6 Å². The molecule has 2 heterocycles. The van der Waals surface area contributed by atoms with Gasteiger partial charge in [0.25, 0.3) is 0 Å². The first-order valence-electron chi connectivity index (χ1n) is 9.02. The Hall–Kier alpha value is -2.33. The van der Waals surface area contributed by atoms with Crippen molar-refractivity contribution in [3.63, 3.8) is 0 Å². The number of rotatable bonds is 7. The van der Waals surface area contributed by atoms with Gasteiger partial charge in [0.15, 0.2) is 0 Å². The van der Waals surface area contributed by atoms with Crippen LogP contribution in [-0.2, 0) is 0 Å². The number of benzene rings is 2. The molecule has 0 bridgehead atoms. The number of fused-ring (bicyclic) bond motifs is 1. The normalized spacial score (nSPS) is 14.6. The van der Waals surface area contributed by atoms with E-state index in [2.05, 4.69) is 27.7 Å². The van der Waals surface area contributed by atoms with E-state index in [0.717, 1.165) is 35.4 Å². The molecule has 1 aliphatic rings. The van der Waals surface area contributed by atoms with Crippen LogP contribution in [0.5, 0.6) is 5.75 Å². The third kappa shape index (κ3) is 3.69. The summed E-state index contributed by atoms with van der Waals surface area (Å²) in [5.41, 5.74) is 2.05. The van der Waals surface area contributed by atoms with Crippen molar-refractivity contribution >= 4 is 10.9 Å². The fourth-order valence-corrected chi connectivity index (χ4v) is 3.27. The molecule has 0 saturated carbocycles. The van der Waals surface area contributed by atoms with E-state index in [1.807, 2.05) is 12.3 Å². The summed E-state index contributed by atoms with van der Waals surface area (Å²) in [7, 11) is 0. The van der Waals surface area contributed by atoms with Crippen molar-refractivity contribution in [2.45, 2.75) is 19.3 Å². The molecule has 0 amide bonds. The van der Waals surface area contributed by atoms with Gasteiger partial charge in [0, 0.05) is 17.3 Å². The second-order valence-electron chi connectivity index (χ2n) is 6.63. The van der Waals surface area contributed by atoms with Crippen LogP contribution >= 0.6 is 0 Å². The van der Waals surface area contributed by atoms with Crippen LogP contribution in [0.3, 0.4) is 0 Å². The summed E-state index contributed by atoms with van der Waals surface area (Å²) < 4.78 is 21.1. The van der Waals surface area contributed by atoms with Gasteiger partial charge >= 0.3 is 0 Å². The van der Waals surface area contributed by atoms with E-state index in [9.17, 15) is 4.39 Å². The maximum atomic E-state index is 13.1. The Morgan fingerprint density at radius 1 is 0.960 bits per heavy atom. The Morgan fingerprint density at radius 3 is 2.56 bits per heavy atom. The van der Waals surface area contributed by atoms with E-state index < -0.39 is 0 Å². The lowest BCUT2D eigenvalue weighted by atomic mass is 10.2. The van der Waals surface area contributed by atoms with Gasteiger partial charge in [-0.2, -0.15) is 0 Å². The summed E-state index contributed by atoms with van der Waals surface area (Å²) in [6.07, 6.45) is 5.65. The van der Waals surface area contributed by atoms with Crippen molar-refractivity contribution < 1.29 is 9.13 Å². The molecule has 4 rings (SSSR count). The molecule has 1 fully saturated rings. The van der Waals surface area contributed by atoms with Crippen molar-refractivity contribution in [3.8, 4) is 11.4 Å². The zero-order valence-electron chi connectivity index (χ0n) is 14.3. The molecule has 3 aromatic rings. The van der Waals surface area contributed by atoms with Gasteiger partial charge in [-0.1, -0.05) is 0 Å². The summed E-state index contributed by atoms with van der Waals surface area (Å²) in [6.45, 7) is 4.49. The van der Waals surface area contributed by atoms with Gasteiger partial charge in [0.2, 0.25) is 0 Å². The SMILES string of the molecule is Fc1ccc(-n2ccc3cc(OCCCCN4CCC4)ccc32)cc1. The van der Waals surface area contributed by atoms with Gasteiger partial charge in [-0.25, -0.2) is 4.39 Å². The van der Waals surface area contributed by atoms with Crippen LogP contribution < -0.4 is 4.74 Å². The highest BCUT2D eigenvalue weighted by Gasteiger charge is 2.12. The highest BCUT2D eigenvalue weighted by atomic mass is 19.1. The van der Waals surface area contributed by atoms with Gasteiger partial charge in [-0.15, -0.1) is 0 Å². The average Bonchev–Trinajstić information content (AvgIpc) is 3.00. The molecule has 1 aliphatic heterocycles. The van der Waals surface area contributed by atoms with E-state index in [1.54, 1.807) is 12.1 Å². The van der Waals surface area contributed by atoms with Crippen molar-refractivity contribution in [2.75, 3.05) is 26.2 Å². The van der Waals surface area contributed by atoms with Crippen LogP contribution in [-0.4, -0.2) is 35.7 Å². The van der Waals surface area contributed by atoms with E-state index in [4.69, 9.17) is 4.74 Å². The second kappa shape index (κ2) is 7.28. The van der Waals surface area contributed by atoms with Gasteiger partial charge in [-0.3, -0.25) is 0 Å². The minimum Gasteiger partial charge on any atom is -0.494 e. The molecule has 3 nitrogen and oxygen atoms in total. The maximum absolute atomic E-state index is 13.1. The second-order valence-corrected chi connectivity index (χ2v) is 6.63. The lowest BCUT2D eigenvalue weighted by Crippen LogP contribution is -2.37. The van der Waals surface area contributed by atoms with E-state index in [-0.39, 0.29) is 5.82 Å². The summed E-state index contributed by atoms with van der Waals surface area (Å²) in [6, 6.07) is 14.8.